The third kappa shape index (κ3) is 9.84. The van der Waals surface area contributed by atoms with Crippen LogP contribution in [0, 0.1) is 13.8 Å². The highest BCUT2D eigenvalue weighted by Crippen LogP contribution is 2.48. The van der Waals surface area contributed by atoms with E-state index in [0.717, 1.165) is 43.5 Å². The number of phenols is 1. The number of aromatic amines is 1. The summed E-state index contributed by atoms with van der Waals surface area (Å²) in [6.45, 7) is 3.74. The van der Waals surface area contributed by atoms with Gasteiger partial charge in [-0.15, -0.1) is 18.9 Å². The number of anilines is 4. The predicted octanol–water partition coefficient (Wildman–Crippen LogP) is 7.40. The molecule has 0 saturated heterocycles. The molecule has 6 aromatic rings. The van der Waals surface area contributed by atoms with Crippen LogP contribution in [0.5, 0.6) is 5.75 Å². The Morgan fingerprint density at radius 1 is 0.733 bits per heavy atom. The molecule has 0 spiro atoms. The SMILES string of the molecule is COOOSc1cc(C)c(C)cc1Nc1nc(Nc2cc(S(=O)(=O)OC)cc3cc(SOOOC)c(N=Nc4ccc5ccccc5c4S(=O)(=O)OC)c(O)c23)[nH]c(=O)n1. The van der Waals surface area contributed by atoms with Crippen molar-refractivity contribution in [3.8, 4) is 5.75 Å². The molecular weight excluding hydrogens is 871 g/mol. The summed E-state index contributed by atoms with van der Waals surface area (Å²) in [6.07, 6.45) is 0. The zero-order chi connectivity index (χ0) is 43.2. The number of nitrogens with zero attached hydrogens (tertiary/aromatic N) is 4. The number of H-pyrrole nitrogens is 1. The highest BCUT2D eigenvalue weighted by Gasteiger charge is 2.25. The number of aromatic nitrogens is 3. The van der Waals surface area contributed by atoms with Gasteiger partial charge in [0.25, 0.3) is 20.2 Å². The lowest BCUT2D eigenvalue weighted by atomic mass is 10.1. The average Bonchev–Trinajstić information content (AvgIpc) is 3.21. The van der Waals surface area contributed by atoms with Gasteiger partial charge in [-0.25, -0.2) is 14.6 Å². The Hall–Kier alpha value is -5.29. The largest absolute Gasteiger partial charge is 0.505 e. The molecule has 1 heterocycles. The second-order valence-electron chi connectivity index (χ2n) is 12.0. The summed E-state index contributed by atoms with van der Waals surface area (Å²) in [4.78, 5) is 32.5. The van der Waals surface area contributed by atoms with Crippen LogP contribution >= 0.6 is 24.1 Å². The van der Waals surface area contributed by atoms with E-state index in [2.05, 4.69) is 55.7 Å². The number of azo groups is 1. The average molecular weight is 904 g/mol. The molecule has 4 N–H and O–H groups in total. The zero-order valence-electron chi connectivity index (χ0n) is 32.0. The molecule has 0 aliphatic carbocycles. The quantitative estimate of drug-likeness (QED) is 0.0163. The standard InChI is InChI=1S/C35H33N7O14S4/c1-18-13-25(27(14-19(18)2)57-55-53-49-3)36-33-38-34(40-35(44)39-33)37-26-17-22(59(45,46)51-5)15-21-16-28(58-56-54-50-4)30(31(43)29(21)26)42-41-24-12-11-20-9-7-8-10-23(20)32(24)60(47,48)52-6/h7-17,43H,1-6H3,(H3,36,37,38,39,40,44). The fourth-order valence-corrected chi connectivity index (χ4v) is 8.42. The third-order valence-electron chi connectivity index (χ3n) is 8.40. The highest BCUT2D eigenvalue weighted by atomic mass is 32.2. The first-order valence-electron chi connectivity index (χ1n) is 16.8. The number of aromatic hydroxyl groups is 1. The van der Waals surface area contributed by atoms with E-state index in [1.807, 2.05) is 13.8 Å². The minimum absolute atomic E-state index is 0.0143. The first kappa shape index (κ1) is 44.3. The number of nitrogens with one attached hydrogen (secondary N) is 3. The molecule has 0 atom stereocenters. The Bertz CT molecular complexity index is 2900. The number of fused-ring (bicyclic) bond motifs is 2. The molecule has 6 rings (SSSR count). The number of rotatable bonds is 18. The van der Waals surface area contributed by atoms with Crippen molar-refractivity contribution in [1.82, 2.24) is 15.0 Å². The molecule has 316 valence electrons. The van der Waals surface area contributed by atoms with Crippen LogP contribution in [0.1, 0.15) is 11.1 Å². The summed E-state index contributed by atoms with van der Waals surface area (Å²) in [6, 6.07) is 16.9. The van der Waals surface area contributed by atoms with E-state index in [9.17, 15) is 26.7 Å². The minimum atomic E-state index is -4.39. The minimum Gasteiger partial charge on any atom is -0.505 e. The molecule has 0 aliphatic rings. The van der Waals surface area contributed by atoms with Crippen molar-refractivity contribution in [2.45, 2.75) is 33.4 Å². The van der Waals surface area contributed by atoms with Crippen LogP contribution in [-0.2, 0) is 57.1 Å². The Morgan fingerprint density at radius 3 is 2.12 bits per heavy atom. The van der Waals surface area contributed by atoms with E-state index in [4.69, 9.17) is 17.0 Å². The van der Waals surface area contributed by atoms with Crippen LogP contribution in [0.25, 0.3) is 21.5 Å². The number of hydrogen-bond donors (Lipinski definition) is 4. The molecule has 0 aliphatic heterocycles. The van der Waals surface area contributed by atoms with Crippen molar-refractivity contribution in [3.05, 3.63) is 88.3 Å². The van der Waals surface area contributed by atoms with E-state index in [-0.39, 0.29) is 59.8 Å². The van der Waals surface area contributed by atoms with Crippen LogP contribution in [0.3, 0.4) is 0 Å². The smallest absolute Gasteiger partial charge is 0.351 e. The molecule has 21 nitrogen and oxygen atoms in total. The monoisotopic (exact) mass is 903 g/mol. The number of aryl methyl sites for hydroxylation is 2. The van der Waals surface area contributed by atoms with E-state index in [0.29, 0.717) is 28.0 Å². The first-order chi connectivity index (χ1) is 28.7. The molecule has 0 unspecified atom stereocenters. The van der Waals surface area contributed by atoms with Gasteiger partial charge in [-0.2, -0.15) is 26.8 Å². The molecular formula is C35H33N7O14S4. The second-order valence-corrected chi connectivity index (χ2v) is 16.8. The highest BCUT2D eigenvalue weighted by molar-refractivity contribution is 7.95. The summed E-state index contributed by atoms with van der Waals surface area (Å²) in [5.41, 5.74) is 0.740. The molecule has 5 aromatic carbocycles. The molecule has 0 fully saturated rings. The van der Waals surface area contributed by atoms with Crippen LogP contribution in [0.2, 0.25) is 0 Å². The van der Waals surface area contributed by atoms with Crippen molar-refractivity contribution < 1.29 is 58.8 Å². The third-order valence-corrected chi connectivity index (χ3v) is 12.3. The summed E-state index contributed by atoms with van der Waals surface area (Å²) < 4.78 is 72.1. The lowest BCUT2D eigenvalue weighted by molar-refractivity contribution is -0.447. The number of hydrogen-bond acceptors (Lipinski definition) is 22. The predicted molar refractivity (Wildman–Crippen MR) is 217 cm³/mol. The fourth-order valence-electron chi connectivity index (χ4n) is 5.58. The van der Waals surface area contributed by atoms with Gasteiger partial charge in [0.2, 0.25) is 11.9 Å². The lowest BCUT2D eigenvalue weighted by Gasteiger charge is -2.16. The van der Waals surface area contributed by atoms with E-state index < -0.39 is 31.7 Å². The van der Waals surface area contributed by atoms with Crippen molar-refractivity contribution >= 4 is 101 Å². The van der Waals surface area contributed by atoms with Crippen LogP contribution in [0.15, 0.2) is 101 Å². The van der Waals surface area contributed by atoms with Crippen LogP contribution in [0.4, 0.5) is 34.6 Å². The van der Waals surface area contributed by atoms with Gasteiger partial charge < -0.3 is 15.7 Å². The van der Waals surface area contributed by atoms with Gasteiger partial charge in [0, 0.05) is 10.8 Å². The topological polar surface area (TPSA) is 270 Å². The summed E-state index contributed by atoms with van der Waals surface area (Å²) in [5, 5.41) is 36.2. The molecule has 0 bridgehead atoms. The lowest BCUT2D eigenvalue weighted by Crippen LogP contribution is -2.17. The van der Waals surface area contributed by atoms with Gasteiger partial charge in [-0.05, 0) is 72.1 Å². The molecule has 0 saturated carbocycles. The normalized spacial score (nSPS) is 12.2. The summed E-state index contributed by atoms with van der Waals surface area (Å²) >= 11 is 1.30. The maximum absolute atomic E-state index is 13.2. The van der Waals surface area contributed by atoms with Crippen molar-refractivity contribution in [2.24, 2.45) is 10.2 Å². The maximum Gasteiger partial charge on any atom is 0.351 e. The van der Waals surface area contributed by atoms with E-state index in [1.54, 1.807) is 42.5 Å². The van der Waals surface area contributed by atoms with Crippen molar-refractivity contribution in [2.75, 3.05) is 39.1 Å². The molecule has 60 heavy (non-hydrogen) atoms. The Balaban J connectivity index is 1.52. The fraction of sp³-hybridized carbons (Fsp3) is 0.171. The van der Waals surface area contributed by atoms with Gasteiger partial charge in [0.1, 0.15) is 16.3 Å². The summed E-state index contributed by atoms with van der Waals surface area (Å²) in [5.74, 6) is -1.08. The van der Waals surface area contributed by atoms with Gasteiger partial charge in [0.15, 0.2) is 5.75 Å². The maximum atomic E-state index is 13.2. The number of benzene rings is 5. The van der Waals surface area contributed by atoms with Gasteiger partial charge in [0.05, 0.1) is 78.6 Å². The Kier molecular flexibility index (Phi) is 14.0. The number of phenolic OH excluding ortho intramolecular Hbond substituents is 1. The molecule has 1 aromatic heterocycles. The summed E-state index contributed by atoms with van der Waals surface area (Å²) in [7, 11) is -4.36. The van der Waals surface area contributed by atoms with Crippen molar-refractivity contribution in [1.29, 1.82) is 0 Å². The molecule has 25 heteroatoms. The van der Waals surface area contributed by atoms with Gasteiger partial charge in [-0.3, -0.25) is 13.4 Å². The zero-order valence-corrected chi connectivity index (χ0v) is 35.3. The Morgan fingerprint density at radius 2 is 1.42 bits per heavy atom. The van der Waals surface area contributed by atoms with Gasteiger partial charge >= 0.3 is 5.69 Å². The van der Waals surface area contributed by atoms with E-state index in [1.165, 1.54) is 32.4 Å². The van der Waals surface area contributed by atoms with Crippen LogP contribution in [-0.4, -0.2) is 65.3 Å². The van der Waals surface area contributed by atoms with Crippen molar-refractivity contribution in [3.63, 3.8) is 0 Å². The van der Waals surface area contributed by atoms with Gasteiger partial charge in [-0.1, -0.05) is 40.4 Å². The van der Waals surface area contributed by atoms with E-state index >= 15 is 0 Å². The van der Waals surface area contributed by atoms with Crippen LogP contribution < -0.4 is 16.3 Å². The molecule has 0 amide bonds. The Labute approximate surface area is 349 Å². The second kappa shape index (κ2) is 19.0. The molecule has 0 radical (unpaired) electrons. The first-order valence-corrected chi connectivity index (χ1v) is 21.1.